The van der Waals surface area contributed by atoms with E-state index < -0.39 is 0 Å². The molecule has 3 aromatic heterocycles. The van der Waals surface area contributed by atoms with Gasteiger partial charge < -0.3 is 20.3 Å². The Morgan fingerprint density at radius 2 is 1.71 bits per heavy atom. The van der Waals surface area contributed by atoms with Gasteiger partial charge in [-0.2, -0.15) is 0 Å². The third-order valence-corrected chi connectivity index (χ3v) is 6.60. The number of rotatable bonds is 7. The lowest BCUT2D eigenvalue weighted by Crippen LogP contribution is -2.13. The molecule has 0 aliphatic heterocycles. The number of hydrogen-bond acceptors (Lipinski definition) is 4. The first kappa shape index (κ1) is 21.3. The van der Waals surface area contributed by atoms with E-state index in [1.165, 1.54) is 5.56 Å². The topological polar surface area (TPSA) is 105 Å². The van der Waals surface area contributed by atoms with Gasteiger partial charge in [0.2, 0.25) is 0 Å². The Labute approximate surface area is 201 Å². The van der Waals surface area contributed by atoms with E-state index in [9.17, 15) is 4.79 Å². The molecule has 35 heavy (non-hydrogen) atoms. The minimum atomic E-state index is -0.202. The maximum Gasteiger partial charge on any atom is 0.275 e. The Kier molecular flexibility index (Phi) is 5.39. The Morgan fingerprint density at radius 1 is 0.914 bits per heavy atom. The molecule has 0 saturated carbocycles. The first-order valence-electron chi connectivity index (χ1n) is 11.9. The number of nitrogens with one attached hydrogen (secondary N) is 2. The van der Waals surface area contributed by atoms with Gasteiger partial charge in [-0.1, -0.05) is 48.5 Å². The maximum atomic E-state index is 13.5. The van der Waals surface area contributed by atoms with Crippen LogP contribution in [-0.2, 0) is 13.0 Å². The van der Waals surface area contributed by atoms with Crippen LogP contribution in [0, 0.1) is 0 Å². The van der Waals surface area contributed by atoms with Crippen LogP contribution in [0.1, 0.15) is 24.1 Å². The summed E-state index contributed by atoms with van der Waals surface area (Å²) in [6, 6.07) is 22.4. The fraction of sp³-hybridized carbons (Fsp3) is 0.179. The third kappa shape index (κ3) is 3.80. The van der Waals surface area contributed by atoms with Crippen LogP contribution in [0.25, 0.3) is 44.2 Å². The van der Waals surface area contributed by atoms with Gasteiger partial charge in [-0.3, -0.25) is 4.79 Å². The van der Waals surface area contributed by atoms with Crippen LogP contribution in [-0.4, -0.2) is 31.0 Å². The highest BCUT2D eigenvalue weighted by Gasteiger charge is 2.22. The average molecular weight is 463 g/mol. The van der Waals surface area contributed by atoms with E-state index >= 15 is 0 Å². The Hall–Kier alpha value is -4.23. The van der Waals surface area contributed by atoms with Crippen molar-refractivity contribution in [2.24, 2.45) is 5.73 Å². The second-order valence-electron chi connectivity index (χ2n) is 8.85. The van der Waals surface area contributed by atoms with Gasteiger partial charge in [0.25, 0.3) is 5.56 Å². The lowest BCUT2D eigenvalue weighted by molar-refractivity contribution is 0.615. The molecule has 6 rings (SSSR count). The summed E-state index contributed by atoms with van der Waals surface area (Å²) in [5.41, 5.74) is 13.4. The summed E-state index contributed by atoms with van der Waals surface area (Å²) in [6.45, 7) is 1.49. The van der Waals surface area contributed by atoms with Gasteiger partial charge in [-0.25, -0.2) is 9.97 Å². The number of benzene rings is 3. The quantitative estimate of drug-likeness (QED) is 0.298. The predicted octanol–water partition coefficient (Wildman–Crippen LogP) is 4.75. The highest BCUT2D eigenvalue weighted by Crippen LogP contribution is 2.35. The molecule has 0 fully saturated rings. The average Bonchev–Trinajstić information content (AvgIpc) is 3.45. The van der Waals surface area contributed by atoms with Crippen LogP contribution in [0.2, 0.25) is 0 Å². The van der Waals surface area contributed by atoms with Crippen LogP contribution in [0.4, 0.5) is 0 Å². The van der Waals surface area contributed by atoms with Crippen molar-refractivity contribution in [2.45, 2.75) is 25.8 Å². The summed E-state index contributed by atoms with van der Waals surface area (Å²) in [7, 11) is 0. The molecule has 0 radical (unpaired) electrons. The van der Waals surface area contributed by atoms with Crippen LogP contribution in [0.3, 0.4) is 0 Å². The molecule has 6 aromatic rings. The number of unbranched alkanes of at least 4 members (excludes halogenated alkanes) is 1. The van der Waals surface area contributed by atoms with Crippen LogP contribution in [0.5, 0.6) is 0 Å². The Balaban J connectivity index is 1.62. The van der Waals surface area contributed by atoms with Crippen molar-refractivity contribution < 1.29 is 0 Å². The highest BCUT2D eigenvalue weighted by molar-refractivity contribution is 5.99. The van der Waals surface area contributed by atoms with Gasteiger partial charge >= 0.3 is 0 Å². The molecule has 174 valence electrons. The number of nitrogens with two attached hydrogens (primary N) is 1. The highest BCUT2D eigenvalue weighted by atomic mass is 16.1. The SMILES string of the molecule is NCCCCn1c(Cc2ccccc2)c(-c2nc3cc4[nH]cnc4cc3[nH]c2=O)c2ccccc21. The predicted molar refractivity (Wildman–Crippen MR) is 140 cm³/mol. The van der Waals surface area contributed by atoms with E-state index in [0.29, 0.717) is 24.2 Å². The van der Waals surface area contributed by atoms with Crippen LogP contribution >= 0.6 is 0 Å². The molecule has 0 bridgehead atoms. The second kappa shape index (κ2) is 8.85. The molecular formula is C28H26N6O. The van der Waals surface area contributed by atoms with Gasteiger partial charge in [-0.05, 0) is 43.1 Å². The summed E-state index contributed by atoms with van der Waals surface area (Å²) in [5.74, 6) is 0. The number of aryl methyl sites for hydroxylation is 1. The van der Waals surface area contributed by atoms with Crippen LogP contribution < -0.4 is 11.3 Å². The van der Waals surface area contributed by atoms with Crippen molar-refractivity contribution in [3.05, 3.63) is 94.7 Å². The van der Waals surface area contributed by atoms with Gasteiger partial charge in [0.1, 0.15) is 5.69 Å². The molecule has 0 spiro atoms. The number of hydrogen-bond donors (Lipinski definition) is 3. The Bertz CT molecular complexity index is 1710. The molecule has 7 heteroatoms. The zero-order valence-corrected chi connectivity index (χ0v) is 19.3. The number of para-hydroxylation sites is 1. The summed E-state index contributed by atoms with van der Waals surface area (Å²) in [5, 5.41) is 1.03. The fourth-order valence-corrected chi connectivity index (χ4v) is 4.95. The molecule has 0 atom stereocenters. The number of aromatic amines is 2. The first-order valence-corrected chi connectivity index (χ1v) is 11.9. The van der Waals surface area contributed by atoms with E-state index in [2.05, 4.69) is 43.8 Å². The van der Waals surface area contributed by atoms with Crippen molar-refractivity contribution in [1.82, 2.24) is 24.5 Å². The van der Waals surface area contributed by atoms with Crippen molar-refractivity contribution >= 4 is 33.0 Å². The van der Waals surface area contributed by atoms with Gasteiger partial charge in [0, 0.05) is 35.1 Å². The van der Waals surface area contributed by atoms with E-state index in [-0.39, 0.29) is 5.56 Å². The fourth-order valence-electron chi connectivity index (χ4n) is 4.95. The summed E-state index contributed by atoms with van der Waals surface area (Å²) in [6.07, 6.45) is 4.26. The molecule has 3 aromatic carbocycles. The number of aromatic nitrogens is 5. The van der Waals surface area contributed by atoms with E-state index in [1.54, 1.807) is 6.33 Å². The summed E-state index contributed by atoms with van der Waals surface area (Å²) < 4.78 is 2.34. The molecule has 0 aliphatic carbocycles. The van der Waals surface area contributed by atoms with Crippen LogP contribution in [0.15, 0.2) is 77.9 Å². The molecule has 7 nitrogen and oxygen atoms in total. The molecule has 4 N–H and O–H groups in total. The van der Waals surface area contributed by atoms with Gasteiger partial charge in [0.15, 0.2) is 0 Å². The number of fused-ring (bicyclic) bond motifs is 3. The lowest BCUT2D eigenvalue weighted by Gasteiger charge is -2.13. The van der Waals surface area contributed by atoms with Gasteiger partial charge in [0.05, 0.1) is 28.4 Å². The number of H-pyrrole nitrogens is 2. The summed E-state index contributed by atoms with van der Waals surface area (Å²) >= 11 is 0. The summed E-state index contributed by atoms with van der Waals surface area (Å²) in [4.78, 5) is 28.9. The number of imidazole rings is 1. The molecule has 0 aliphatic rings. The molecule has 0 amide bonds. The monoisotopic (exact) mass is 462 g/mol. The molecule has 0 unspecified atom stereocenters. The standard InChI is InChI=1S/C28H26N6O/c29-12-6-7-13-34-24-11-5-4-10-19(24)26(25(34)14-18-8-2-1-3-9-18)27-28(35)33-23-16-21-20(30-17-31-21)15-22(23)32-27/h1-5,8-11,15-17H,6-7,12-14,29H2,(H,30,31)(H,33,35). The first-order chi connectivity index (χ1) is 17.2. The van der Waals surface area contributed by atoms with Crippen molar-refractivity contribution in [3.63, 3.8) is 0 Å². The lowest BCUT2D eigenvalue weighted by atomic mass is 10.0. The zero-order chi connectivity index (χ0) is 23.8. The van der Waals surface area contributed by atoms with E-state index in [4.69, 9.17) is 10.7 Å². The zero-order valence-electron chi connectivity index (χ0n) is 19.3. The van der Waals surface area contributed by atoms with E-state index in [0.717, 1.165) is 58.1 Å². The molecular weight excluding hydrogens is 436 g/mol. The molecule has 3 heterocycles. The normalized spacial score (nSPS) is 11.7. The largest absolute Gasteiger partial charge is 0.345 e. The maximum absolute atomic E-state index is 13.5. The third-order valence-electron chi connectivity index (χ3n) is 6.60. The minimum Gasteiger partial charge on any atom is -0.345 e. The van der Waals surface area contributed by atoms with Gasteiger partial charge in [-0.15, -0.1) is 0 Å². The number of nitrogens with zero attached hydrogens (tertiary/aromatic N) is 3. The van der Waals surface area contributed by atoms with Crippen molar-refractivity contribution in [2.75, 3.05) is 6.54 Å². The van der Waals surface area contributed by atoms with Crippen molar-refractivity contribution in [3.8, 4) is 11.3 Å². The molecule has 0 saturated heterocycles. The second-order valence-corrected chi connectivity index (χ2v) is 8.85. The minimum absolute atomic E-state index is 0.202. The van der Waals surface area contributed by atoms with E-state index in [1.807, 2.05) is 42.5 Å². The van der Waals surface area contributed by atoms with Crippen molar-refractivity contribution in [1.29, 1.82) is 0 Å². The smallest absolute Gasteiger partial charge is 0.275 e. The Morgan fingerprint density at radius 3 is 2.57 bits per heavy atom.